The van der Waals surface area contributed by atoms with Crippen LogP contribution in [0.1, 0.15) is 11.3 Å². The maximum absolute atomic E-state index is 5.81. The molecule has 0 saturated carbocycles. The number of hydrogen-bond donors (Lipinski definition) is 1. The third-order valence-electron chi connectivity index (χ3n) is 4.67. The zero-order valence-electron chi connectivity index (χ0n) is 16.8. The van der Waals surface area contributed by atoms with Gasteiger partial charge < -0.3 is 4.42 Å². The molecule has 3 heterocycles. The molecular weight excluding hydrogens is 406 g/mol. The Hall–Kier alpha value is -3.97. The van der Waals surface area contributed by atoms with E-state index in [-0.39, 0.29) is 0 Å². The molecule has 0 atom stereocenters. The van der Waals surface area contributed by atoms with Gasteiger partial charge in [0.15, 0.2) is 5.76 Å². The summed E-state index contributed by atoms with van der Waals surface area (Å²) in [7, 11) is 0. The fraction of sp³-hybridized carbons (Fsp3) is 0.0417. The van der Waals surface area contributed by atoms with Crippen LogP contribution in [-0.2, 0) is 0 Å². The van der Waals surface area contributed by atoms with Crippen LogP contribution in [0.15, 0.2) is 93.9 Å². The zero-order valence-corrected chi connectivity index (χ0v) is 17.6. The highest BCUT2D eigenvalue weighted by atomic mass is 32.1. The monoisotopic (exact) mass is 425 g/mol. The van der Waals surface area contributed by atoms with Crippen LogP contribution in [0.4, 0.5) is 5.13 Å². The SMILES string of the molecule is Cc1ccc(-c2nn(-c3ccccc3)cc2/C=N/Nc2nc(-c3ccccc3)cs2)o1. The van der Waals surface area contributed by atoms with Crippen LogP contribution < -0.4 is 5.43 Å². The molecule has 0 aliphatic carbocycles. The van der Waals surface area contributed by atoms with Crippen molar-refractivity contribution in [2.45, 2.75) is 6.92 Å². The van der Waals surface area contributed by atoms with Crippen molar-refractivity contribution in [1.29, 1.82) is 0 Å². The lowest BCUT2D eigenvalue weighted by Gasteiger charge is -1.98. The Morgan fingerprint density at radius 1 is 1.00 bits per heavy atom. The largest absolute Gasteiger partial charge is 0.460 e. The number of rotatable bonds is 6. The minimum Gasteiger partial charge on any atom is -0.460 e. The molecule has 7 heteroatoms. The lowest BCUT2D eigenvalue weighted by molar-refractivity contribution is 0.545. The van der Waals surface area contributed by atoms with Gasteiger partial charge in [-0.25, -0.2) is 9.67 Å². The van der Waals surface area contributed by atoms with E-state index >= 15 is 0 Å². The van der Waals surface area contributed by atoms with E-state index in [1.165, 1.54) is 11.3 Å². The van der Waals surface area contributed by atoms with Gasteiger partial charge in [0.05, 0.1) is 17.6 Å². The fourth-order valence-electron chi connectivity index (χ4n) is 3.17. The molecule has 5 rings (SSSR count). The highest BCUT2D eigenvalue weighted by Gasteiger charge is 2.14. The van der Waals surface area contributed by atoms with Crippen LogP contribution in [-0.4, -0.2) is 21.0 Å². The summed E-state index contributed by atoms with van der Waals surface area (Å²) in [5, 5.41) is 11.9. The highest BCUT2D eigenvalue weighted by Crippen LogP contribution is 2.26. The Morgan fingerprint density at radius 2 is 1.77 bits per heavy atom. The summed E-state index contributed by atoms with van der Waals surface area (Å²) in [6, 6.07) is 23.9. The average Bonchev–Trinajstić information content (AvgIpc) is 3.55. The molecule has 0 bridgehead atoms. The van der Waals surface area contributed by atoms with Gasteiger partial charge in [-0.2, -0.15) is 10.2 Å². The molecule has 0 radical (unpaired) electrons. The van der Waals surface area contributed by atoms with Crippen LogP contribution in [0.2, 0.25) is 0 Å². The maximum atomic E-state index is 5.81. The Labute approximate surface area is 183 Å². The summed E-state index contributed by atoms with van der Waals surface area (Å²) < 4.78 is 7.63. The van der Waals surface area contributed by atoms with E-state index in [1.54, 1.807) is 6.21 Å². The van der Waals surface area contributed by atoms with Gasteiger partial charge in [-0.1, -0.05) is 48.5 Å². The second-order valence-electron chi connectivity index (χ2n) is 6.90. The number of hydrogen-bond acceptors (Lipinski definition) is 6. The molecule has 6 nitrogen and oxygen atoms in total. The van der Waals surface area contributed by atoms with E-state index in [1.807, 2.05) is 96.0 Å². The number of thiazole rings is 1. The van der Waals surface area contributed by atoms with E-state index in [9.17, 15) is 0 Å². The van der Waals surface area contributed by atoms with Gasteiger partial charge in [-0.15, -0.1) is 11.3 Å². The molecule has 0 amide bonds. The van der Waals surface area contributed by atoms with Gasteiger partial charge in [0, 0.05) is 22.7 Å². The normalized spacial score (nSPS) is 11.3. The third kappa shape index (κ3) is 4.17. The molecule has 0 spiro atoms. The molecule has 0 aliphatic rings. The van der Waals surface area contributed by atoms with Crippen LogP contribution in [0, 0.1) is 6.92 Å². The van der Waals surface area contributed by atoms with Crippen LogP contribution in [0.3, 0.4) is 0 Å². The second kappa shape index (κ2) is 8.41. The third-order valence-corrected chi connectivity index (χ3v) is 5.42. The standard InChI is InChI=1S/C24H19N5OS/c1-17-12-13-22(30-17)23-19(15-29(28-23)20-10-6-3-7-11-20)14-25-27-24-26-21(16-31-24)18-8-4-2-5-9-18/h2-16H,1H3,(H,26,27)/b25-14+. The number of nitrogens with one attached hydrogen (secondary N) is 1. The Morgan fingerprint density at radius 3 is 2.52 bits per heavy atom. The number of aryl methyl sites for hydroxylation is 1. The number of aromatic nitrogens is 3. The van der Waals surface area contributed by atoms with Crippen LogP contribution in [0.5, 0.6) is 0 Å². The fourth-order valence-corrected chi connectivity index (χ4v) is 3.84. The van der Waals surface area contributed by atoms with Crippen molar-refractivity contribution in [3.63, 3.8) is 0 Å². The summed E-state index contributed by atoms with van der Waals surface area (Å²) >= 11 is 1.51. The predicted molar refractivity (Wildman–Crippen MR) is 125 cm³/mol. The van der Waals surface area contributed by atoms with Gasteiger partial charge >= 0.3 is 0 Å². The first kappa shape index (κ1) is 19.0. The first-order valence-corrected chi connectivity index (χ1v) is 10.7. The molecule has 0 fully saturated rings. The Balaban J connectivity index is 1.41. The minimum absolute atomic E-state index is 0.703. The quantitative estimate of drug-likeness (QED) is 0.267. The molecule has 5 aromatic rings. The van der Waals surface area contributed by atoms with E-state index < -0.39 is 0 Å². The van der Waals surface area contributed by atoms with Gasteiger partial charge in [0.1, 0.15) is 11.5 Å². The molecule has 152 valence electrons. The molecule has 0 aliphatic heterocycles. The van der Waals surface area contributed by atoms with E-state index in [0.29, 0.717) is 5.76 Å². The first-order valence-electron chi connectivity index (χ1n) is 9.78. The van der Waals surface area contributed by atoms with E-state index in [0.717, 1.165) is 39.1 Å². The predicted octanol–water partition coefficient (Wildman–Crippen LogP) is 6.01. The number of benzene rings is 2. The summed E-state index contributed by atoms with van der Waals surface area (Å²) in [5.41, 5.74) is 7.56. The van der Waals surface area contributed by atoms with Crippen LogP contribution in [0.25, 0.3) is 28.4 Å². The van der Waals surface area contributed by atoms with E-state index in [4.69, 9.17) is 9.52 Å². The number of furan rings is 1. The second-order valence-corrected chi connectivity index (χ2v) is 7.76. The van der Waals surface area contributed by atoms with Gasteiger partial charge in [-0.05, 0) is 31.2 Å². The number of para-hydroxylation sites is 1. The van der Waals surface area contributed by atoms with Crippen molar-refractivity contribution < 1.29 is 4.42 Å². The Kier molecular flexibility index (Phi) is 5.16. The molecule has 0 saturated heterocycles. The molecule has 1 N–H and O–H groups in total. The van der Waals surface area contributed by atoms with Crippen molar-refractivity contribution in [3.05, 3.63) is 95.7 Å². The van der Waals surface area contributed by atoms with Gasteiger partial charge in [0.2, 0.25) is 5.13 Å². The number of nitrogens with zero attached hydrogens (tertiary/aromatic N) is 4. The first-order chi connectivity index (χ1) is 15.3. The lowest BCUT2D eigenvalue weighted by atomic mass is 10.2. The van der Waals surface area contributed by atoms with Crippen molar-refractivity contribution in [2.75, 3.05) is 5.43 Å². The topological polar surface area (TPSA) is 68.2 Å². The van der Waals surface area contributed by atoms with Crippen molar-refractivity contribution in [2.24, 2.45) is 5.10 Å². The lowest BCUT2D eigenvalue weighted by Crippen LogP contribution is -1.93. The number of hydrazone groups is 1. The zero-order chi connectivity index (χ0) is 21.0. The molecular formula is C24H19N5OS. The average molecular weight is 426 g/mol. The molecule has 0 unspecified atom stereocenters. The smallest absolute Gasteiger partial charge is 0.203 e. The molecule has 2 aromatic carbocycles. The number of anilines is 1. The maximum Gasteiger partial charge on any atom is 0.203 e. The van der Waals surface area contributed by atoms with Crippen molar-refractivity contribution >= 4 is 22.7 Å². The highest BCUT2D eigenvalue weighted by molar-refractivity contribution is 7.14. The van der Waals surface area contributed by atoms with Crippen molar-refractivity contribution in [1.82, 2.24) is 14.8 Å². The summed E-state index contributed by atoms with van der Waals surface area (Å²) in [6.45, 7) is 1.92. The Bertz CT molecular complexity index is 1320. The molecule has 3 aromatic heterocycles. The summed E-state index contributed by atoms with van der Waals surface area (Å²) in [6.07, 6.45) is 3.67. The molecule has 31 heavy (non-hydrogen) atoms. The summed E-state index contributed by atoms with van der Waals surface area (Å²) in [4.78, 5) is 4.60. The minimum atomic E-state index is 0.703. The van der Waals surface area contributed by atoms with E-state index in [2.05, 4.69) is 15.5 Å². The van der Waals surface area contributed by atoms with Gasteiger partial charge in [-0.3, -0.25) is 5.43 Å². The summed E-state index contributed by atoms with van der Waals surface area (Å²) in [5.74, 6) is 1.54. The van der Waals surface area contributed by atoms with Crippen LogP contribution >= 0.6 is 11.3 Å². The van der Waals surface area contributed by atoms with Gasteiger partial charge in [0.25, 0.3) is 0 Å². The van der Waals surface area contributed by atoms with Crippen molar-refractivity contribution in [3.8, 4) is 28.4 Å².